The SMILES string of the molecule is O=[C]N1CCNC(Cc2ccccc2)C1. The van der Waals surface area contributed by atoms with E-state index in [0.29, 0.717) is 6.04 Å². The first-order valence-electron chi connectivity index (χ1n) is 5.28. The quantitative estimate of drug-likeness (QED) is 0.779. The molecule has 0 aliphatic carbocycles. The van der Waals surface area contributed by atoms with E-state index in [1.54, 1.807) is 4.90 Å². The lowest BCUT2D eigenvalue weighted by molar-refractivity contribution is 0.277. The van der Waals surface area contributed by atoms with E-state index in [1.807, 2.05) is 24.6 Å². The van der Waals surface area contributed by atoms with Crippen molar-refractivity contribution in [1.29, 1.82) is 0 Å². The first-order chi connectivity index (χ1) is 7.38. The maximum atomic E-state index is 10.5. The van der Waals surface area contributed by atoms with Gasteiger partial charge in [0.2, 0.25) is 0 Å². The number of carbonyl (C=O) groups excluding carboxylic acids is 1. The molecule has 0 aromatic heterocycles. The van der Waals surface area contributed by atoms with E-state index < -0.39 is 0 Å². The number of piperazine rings is 1. The maximum Gasteiger partial charge on any atom is 0.312 e. The van der Waals surface area contributed by atoms with Gasteiger partial charge in [0.05, 0.1) is 0 Å². The summed E-state index contributed by atoms with van der Waals surface area (Å²) in [6.45, 7) is 2.40. The summed E-state index contributed by atoms with van der Waals surface area (Å²) in [5.74, 6) is 0. The molecule has 3 heteroatoms. The molecule has 0 bridgehead atoms. The van der Waals surface area contributed by atoms with Gasteiger partial charge < -0.3 is 10.2 Å². The van der Waals surface area contributed by atoms with Gasteiger partial charge in [0.25, 0.3) is 0 Å². The fraction of sp³-hybridized carbons (Fsp3) is 0.417. The molecule has 1 N–H and O–H groups in total. The van der Waals surface area contributed by atoms with E-state index in [9.17, 15) is 4.79 Å². The molecule has 1 atom stereocenters. The summed E-state index contributed by atoms with van der Waals surface area (Å²) in [4.78, 5) is 12.2. The van der Waals surface area contributed by atoms with Gasteiger partial charge in [-0.3, -0.25) is 4.79 Å². The van der Waals surface area contributed by atoms with Crippen molar-refractivity contribution in [1.82, 2.24) is 10.2 Å². The summed E-state index contributed by atoms with van der Waals surface area (Å²) in [7, 11) is 0. The summed E-state index contributed by atoms with van der Waals surface area (Å²) >= 11 is 0. The molecule has 1 aromatic carbocycles. The van der Waals surface area contributed by atoms with Crippen LogP contribution < -0.4 is 5.32 Å². The molecule has 79 valence electrons. The van der Waals surface area contributed by atoms with Crippen LogP contribution >= 0.6 is 0 Å². The number of amides is 1. The van der Waals surface area contributed by atoms with Crippen molar-refractivity contribution in [2.45, 2.75) is 12.5 Å². The molecular weight excluding hydrogens is 188 g/mol. The molecular formula is C12H15N2O. The van der Waals surface area contributed by atoms with Crippen molar-refractivity contribution >= 4 is 6.41 Å². The van der Waals surface area contributed by atoms with E-state index in [-0.39, 0.29) is 0 Å². The second kappa shape index (κ2) is 4.94. The van der Waals surface area contributed by atoms with Gasteiger partial charge in [-0.15, -0.1) is 0 Å². The van der Waals surface area contributed by atoms with Crippen LogP contribution in [0.4, 0.5) is 0 Å². The van der Waals surface area contributed by atoms with Gasteiger partial charge in [-0.25, -0.2) is 0 Å². The Balaban J connectivity index is 1.92. The van der Waals surface area contributed by atoms with Crippen LogP contribution in [-0.2, 0) is 11.2 Å². The first-order valence-corrected chi connectivity index (χ1v) is 5.28. The lowest BCUT2D eigenvalue weighted by Crippen LogP contribution is -2.50. The lowest BCUT2D eigenvalue weighted by Gasteiger charge is -2.30. The zero-order chi connectivity index (χ0) is 10.5. The normalized spacial score (nSPS) is 21.3. The van der Waals surface area contributed by atoms with E-state index in [4.69, 9.17) is 0 Å². The Bertz CT molecular complexity index is 313. The van der Waals surface area contributed by atoms with Gasteiger partial charge in [-0.2, -0.15) is 0 Å². The molecule has 1 fully saturated rings. The van der Waals surface area contributed by atoms with Crippen LogP contribution in [-0.4, -0.2) is 37.0 Å². The smallest absolute Gasteiger partial charge is 0.312 e. The first kappa shape index (κ1) is 10.2. The molecule has 1 aromatic rings. The zero-order valence-electron chi connectivity index (χ0n) is 8.65. The summed E-state index contributed by atoms with van der Waals surface area (Å²) in [6, 6.07) is 10.7. The Morgan fingerprint density at radius 1 is 1.40 bits per heavy atom. The summed E-state index contributed by atoms with van der Waals surface area (Å²) in [5.41, 5.74) is 1.31. The maximum absolute atomic E-state index is 10.5. The fourth-order valence-electron chi connectivity index (χ4n) is 1.94. The molecule has 1 amide bonds. The topological polar surface area (TPSA) is 32.3 Å². The standard InChI is InChI=1S/C12H15N2O/c15-10-14-7-6-13-12(9-14)8-11-4-2-1-3-5-11/h1-5,12-13H,6-9H2. The van der Waals surface area contributed by atoms with E-state index in [2.05, 4.69) is 17.4 Å². The van der Waals surface area contributed by atoms with Crippen LogP contribution in [0.15, 0.2) is 30.3 Å². The van der Waals surface area contributed by atoms with Gasteiger partial charge in [-0.1, -0.05) is 30.3 Å². The third-order valence-electron chi connectivity index (χ3n) is 2.71. The lowest BCUT2D eigenvalue weighted by atomic mass is 10.0. The van der Waals surface area contributed by atoms with E-state index >= 15 is 0 Å². The predicted molar refractivity (Wildman–Crippen MR) is 59.2 cm³/mol. The molecule has 2 rings (SSSR count). The van der Waals surface area contributed by atoms with Crippen LogP contribution in [0.1, 0.15) is 5.56 Å². The highest BCUT2D eigenvalue weighted by Gasteiger charge is 2.18. The summed E-state index contributed by atoms with van der Waals surface area (Å²) in [5, 5.41) is 3.41. The van der Waals surface area contributed by atoms with Crippen LogP contribution in [0.3, 0.4) is 0 Å². The number of nitrogens with zero attached hydrogens (tertiary/aromatic N) is 1. The minimum absolute atomic E-state index is 0.364. The van der Waals surface area contributed by atoms with Crippen LogP contribution in [0.2, 0.25) is 0 Å². The minimum Gasteiger partial charge on any atom is -0.332 e. The number of benzene rings is 1. The minimum atomic E-state index is 0.364. The third-order valence-corrected chi connectivity index (χ3v) is 2.71. The monoisotopic (exact) mass is 203 g/mol. The molecule has 0 saturated carbocycles. The number of hydrogen-bond donors (Lipinski definition) is 1. The second-order valence-corrected chi connectivity index (χ2v) is 3.88. The Morgan fingerprint density at radius 3 is 2.93 bits per heavy atom. The average Bonchev–Trinajstić information content (AvgIpc) is 2.31. The summed E-state index contributed by atoms with van der Waals surface area (Å²) < 4.78 is 0. The van der Waals surface area contributed by atoms with Crippen molar-refractivity contribution in [2.75, 3.05) is 19.6 Å². The zero-order valence-corrected chi connectivity index (χ0v) is 8.65. The third kappa shape index (κ3) is 2.80. The Kier molecular flexibility index (Phi) is 3.35. The summed E-state index contributed by atoms with van der Waals surface area (Å²) in [6.07, 6.45) is 2.93. The van der Waals surface area contributed by atoms with Crippen molar-refractivity contribution in [3.05, 3.63) is 35.9 Å². The average molecular weight is 203 g/mol. The fourth-order valence-corrected chi connectivity index (χ4v) is 1.94. The van der Waals surface area contributed by atoms with Crippen molar-refractivity contribution in [3.63, 3.8) is 0 Å². The second-order valence-electron chi connectivity index (χ2n) is 3.88. The Hall–Kier alpha value is -1.35. The van der Waals surface area contributed by atoms with E-state index in [1.165, 1.54) is 5.56 Å². The van der Waals surface area contributed by atoms with Gasteiger partial charge in [0.1, 0.15) is 0 Å². The van der Waals surface area contributed by atoms with E-state index in [0.717, 1.165) is 26.1 Å². The molecule has 15 heavy (non-hydrogen) atoms. The highest BCUT2D eigenvalue weighted by molar-refractivity contribution is 5.48. The molecule has 1 saturated heterocycles. The Labute approximate surface area is 90.1 Å². The Morgan fingerprint density at radius 2 is 2.20 bits per heavy atom. The largest absolute Gasteiger partial charge is 0.332 e. The molecule has 1 aliphatic heterocycles. The molecule has 1 heterocycles. The van der Waals surface area contributed by atoms with Crippen molar-refractivity contribution < 1.29 is 4.79 Å². The molecule has 1 radical (unpaired) electrons. The molecule has 1 aliphatic rings. The van der Waals surface area contributed by atoms with Crippen LogP contribution in [0.25, 0.3) is 0 Å². The molecule has 3 nitrogen and oxygen atoms in total. The number of nitrogens with one attached hydrogen (secondary N) is 1. The van der Waals surface area contributed by atoms with Gasteiger partial charge in [-0.05, 0) is 12.0 Å². The van der Waals surface area contributed by atoms with Crippen LogP contribution in [0.5, 0.6) is 0 Å². The van der Waals surface area contributed by atoms with Crippen molar-refractivity contribution in [2.24, 2.45) is 0 Å². The number of hydrogen-bond acceptors (Lipinski definition) is 2. The highest BCUT2D eigenvalue weighted by Crippen LogP contribution is 2.06. The molecule has 0 spiro atoms. The van der Waals surface area contributed by atoms with Gasteiger partial charge in [0, 0.05) is 25.7 Å². The predicted octanol–water partition coefficient (Wildman–Crippen LogP) is 0.570. The van der Waals surface area contributed by atoms with Crippen LogP contribution in [0, 0.1) is 0 Å². The van der Waals surface area contributed by atoms with Gasteiger partial charge in [0.15, 0.2) is 0 Å². The van der Waals surface area contributed by atoms with Crippen molar-refractivity contribution in [3.8, 4) is 0 Å². The molecule has 1 unspecified atom stereocenters. The highest BCUT2D eigenvalue weighted by atomic mass is 16.1. The van der Waals surface area contributed by atoms with Gasteiger partial charge >= 0.3 is 6.41 Å². The number of rotatable bonds is 3.